The number of benzene rings is 2. The van der Waals surface area contributed by atoms with Gasteiger partial charge in [0, 0.05) is 37.8 Å². The number of hydrogen-bond acceptors (Lipinski definition) is 5. The number of aliphatic hydroxyl groups excluding tert-OH is 1. The minimum absolute atomic E-state index is 0.00395. The van der Waals surface area contributed by atoms with Crippen LogP contribution in [0.25, 0.3) is 10.8 Å². The quantitative estimate of drug-likeness (QED) is 0.571. The average Bonchev–Trinajstić information content (AvgIpc) is 2.82. The normalized spacial score (nSPS) is 19.1. The van der Waals surface area contributed by atoms with Crippen LogP contribution in [0.5, 0.6) is 5.75 Å². The van der Waals surface area contributed by atoms with E-state index in [2.05, 4.69) is 57.7 Å². The smallest absolute Gasteiger partial charge is 0.224 e. The number of piperidine rings is 1. The van der Waals surface area contributed by atoms with Crippen molar-refractivity contribution in [3.8, 4) is 5.75 Å². The first kappa shape index (κ1) is 22.2. The molecular formula is C26H31N3O3. The lowest BCUT2D eigenvalue weighted by atomic mass is 9.88. The number of ether oxygens (including phenoxy) is 1. The highest BCUT2D eigenvalue weighted by Crippen LogP contribution is 2.26. The molecule has 1 aliphatic rings. The molecule has 2 heterocycles. The van der Waals surface area contributed by atoms with Crippen LogP contribution in [0.15, 0.2) is 60.8 Å². The van der Waals surface area contributed by atoms with Crippen molar-refractivity contribution in [2.75, 3.05) is 32.8 Å². The summed E-state index contributed by atoms with van der Waals surface area (Å²) in [6.07, 6.45) is 2.52. The van der Waals surface area contributed by atoms with Crippen molar-refractivity contribution < 1.29 is 14.6 Å². The van der Waals surface area contributed by atoms with Crippen molar-refractivity contribution in [2.45, 2.75) is 19.9 Å². The SMILES string of the molecule is Cc1ccc(OC[C@H]2C[C@@H](C(=O)NCCO)CN(Cc3ccc4ccccc4c3)C2)cn1. The Hall–Kier alpha value is -2.96. The number of carbonyl (C=O) groups is 1. The molecule has 0 unspecified atom stereocenters. The van der Waals surface area contributed by atoms with Gasteiger partial charge in [-0.1, -0.05) is 36.4 Å². The number of amides is 1. The molecule has 3 aromatic rings. The van der Waals surface area contributed by atoms with Gasteiger partial charge in [-0.25, -0.2) is 0 Å². The molecule has 1 aromatic heterocycles. The minimum Gasteiger partial charge on any atom is -0.492 e. The largest absolute Gasteiger partial charge is 0.492 e. The standard InChI is InChI=1S/C26H31N3O3/c1-19-6-9-25(14-28-19)32-18-21-13-24(26(31)27-10-11-30)17-29(16-21)15-20-7-8-22-4-2-3-5-23(22)12-20/h2-9,12,14,21,24,30H,10-11,13,15-18H2,1H3,(H,27,31)/t21-,24+/m0/s1. The van der Waals surface area contributed by atoms with Gasteiger partial charge >= 0.3 is 0 Å². The zero-order valence-electron chi connectivity index (χ0n) is 18.5. The zero-order valence-corrected chi connectivity index (χ0v) is 18.5. The van der Waals surface area contributed by atoms with Crippen molar-refractivity contribution in [3.05, 3.63) is 72.1 Å². The molecule has 0 spiro atoms. The summed E-state index contributed by atoms with van der Waals surface area (Å²) in [5, 5.41) is 14.4. The van der Waals surface area contributed by atoms with E-state index < -0.39 is 0 Å². The molecule has 6 nitrogen and oxygen atoms in total. The molecule has 2 aromatic carbocycles. The monoisotopic (exact) mass is 433 g/mol. The predicted molar refractivity (Wildman–Crippen MR) is 125 cm³/mol. The van der Waals surface area contributed by atoms with Crippen molar-refractivity contribution in [2.24, 2.45) is 11.8 Å². The molecule has 0 saturated carbocycles. The van der Waals surface area contributed by atoms with Gasteiger partial charge in [-0.15, -0.1) is 0 Å². The average molecular weight is 434 g/mol. The maximum atomic E-state index is 12.7. The van der Waals surface area contributed by atoms with E-state index in [0.717, 1.165) is 31.0 Å². The number of likely N-dealkylation sites (tertiary alicyclic amines) is 1. The Morgan fingerprint density at radius 2 is 2.00 bits per heavy atom. The van der Waals surface area contributed by atoms with Gasteiger partial charge in [0.2, 0.25) is 5.91 Å². The number of fused-ring (bicyclic) bond motifs is 1. The Balaban J connectivity index is 1.45. The third-order valence-electron chi connectivity index (χ3n) is 5.98. The molecule has 168 valence electrons. The van der Waals surface area contributed by atoms with Crippen molar-refractivity contribution >= 4 is 16.7 Å². The van der Waals surface area contributed by atoms with Gasteiger partial charge in [0.15, 0.2) is 0 Å². The fourth-order valence-electron chi connectivity index (χ4n) is 4.42. The van der Waals surface area contributed by atoms with Crippen LogP contribution < -0.4 is 10.1 Å². The molecule has 2 N–H and O–H groups in total. The Kier molecular flexibility index (Phi) is 7.35. The van der Waals surface area contributed by atoms with E-state index in [9.17, 15) is 4.79 Å². The molecular weight excluding hydrogens is 402 g/mol. The maximum Gasteiger partial charge on any atom is 0.224 e. The molecule has 1 amide bonds. The minimum atomic E-state index is -0.125. The van der Waals surface area contributed by atoms with E-state index in [4.69, 9.17) is 9.84 Å². The maximum absolute atomic E-state index is 12.7. The van der Waals surface area contributed by atoms with Gasteiger partial charge < -0.3 is 15.2 Å². The van der Waals surface area contributed by atoms with Crippen LogP contribution in [0.4, 0.5) is 0 Å². The molecule has 2 atom stereocenters. The molecule has 0 bridgehead atoms. The molecule has 6 heteroatoms. The summed E-state index contributed by atoms with van der Waals surface area (Å²) in [5.41, 5.74) is 2.19. The van der Waals surface area contributed by atoms with E-state index in [0.29, 0.717) is 13.2 Å². The summed E-state index contributed by atoms with van der Waals surface area (Å²) in [7, 11) is 0. The number of carbonyl (C=O) groups excluding carboxylic acids is 1. The van der Waals surface area contributed by atoms with Gasteiger partial charge in [-0.05, 0) is 47.9 Å². The Labute approximate surface area is 189 Å². The number of pyridine rings is 1. The second-order valence-electron chi connectivity index (χ2n) is 8.64. The fourth-order valence-corrected chi connectivity index (χ4v) is 4.42. The number of nitrogens with zero attached hydrogens (tertiary/aromatic N) is 2. The van der Waals surface area contributed by atoms with Crippen LogP contribution in [0.2, 0.25) is 0 Å². The topological polar surface area (TPSA) is 74.7 Å². The molecule has 4 rings (SSSR count). The second kappa shape index (κ2) is 10.6. The first-order valence-electron chi connectivity index (χ1n) is 11.2. The van der Waals surface area contributed by atoms with Gasteiger partial charge in [0.05, 0.1) is 25.3 Å². The molecule has 1 aliphatic heterocycles. The lowest BCUT2D eigenvalue weighted by Crippen LogP contribution is -2.47. The van der Waals surface area contributed by atoms with Gasteiger partial charge in [-0.2, -0.15) is 0 Å². The molecule has 1 saturated heterocycles. The van der Waals surface area contributed by atoms with E-state index in [1.54, 1.807) is 6.20 Å². The Morgan fingerprint density at radius 1 is 1.16 bits per heavy atom. The first-order chi connectivity index (χ1) is 15.6. The van der Waals surface area contributed by atoms with E-state index in [1.807, 2.05) is 19.1 Å². The van der Waals surface area contributed by atoms with Crippen LogP contribution in [0.3, 0.4) is 0 Å². The Morgan fingerprint density at radius 3 is 2.78 bits per heavy atom. The van der Waals surface area contributed by atoms with Crippen LogP contribution >= 0.6 is 0 Å². The predicted octanol–water partition coefficient (Wildman–Crippen LogP) is 3.17. The number of nitrogens with one attached hydrogen (secondary N) is 1. The lowest BCUT2D eigenvalue weighted by molar-refractivity contribution is -0.128. The van der Waals surface area contributed by atoms with Crippen LogP contribution in [0, 0.1) is 18.8 Å². The number of rotatable bonds is 8. The second-order valence-corrected chi connectivity index (χ2v) is 8.64. The summed E-state index contributed by atoms with van der Waals surface area (Å²) >= 11 is 0. The summed E-state index contributed by atoms with van der Waals surface area (Å²) in [6, 6.07) is 18.8. The third-order valence-corrected chi connectivity index (χ3v) is 5.98. The first-order valence-corrected chi connectivity index (χ1v) is 11.2. The number of aliphatic hydroxyl groups is 1. The van der Waals surface area contributed by atoms with Crippen LogP contribution in [-0.2, 0) is 11.3 Å². The molecule has 32 heavy (non-hydrogen) atoms. The van der Waals surface area contributed by atoms with Gasteiger partial charge in [0.25, 0.3) is 0 Å². The molecule has 0 aliphatic carbocycles. The third kappa shape index (κ3) is 5.84. The van der Waals surface area contributed by atoms with E-state index >= 15 is 0 Å². The molecule has 0 radical (unpaired) electrons. The number of hydrogen-bond donors (Lipinski definition) is 2. The van der Waals surface area contributed by atoms with Crippen molar-refractivity contribution in [1.82, 2.24) is 15.2 Å². The van der Waals surface area contributed by atoms with Gasteiger partial charge in [0.1, 0.15) is 5.75 Å². The Bertz CT molecular complexity index is 1040. The number of aryl methyl sites for hydroxylation is 1. The highest BCUT2D eigenvalue weighted by molar-refractivity contribution is 5.83. The van der Waals surface area contributed by atoms with E-state index in [1.165, 1.54) is 16.3 Å². The van der Waals surface area contributed by atoms with Crippen molar-refractivity contribution in [3.63, 3.8) is 0 Å². The van der Waals surface area contributed by atoms with Gasteiger partial charge in [-0.3, -0.25) is 14.7 Å². The van der Waals surface area contributed by atoms with E-state index in [-0.39, 0.29) is 30.9 Å². The summed E-state index contributed by atoms with van der Waals surface area (Å²) in [4.78, 5) is 19.3. The summed E-state index contributed by atoms with van der Waals surface area (Å²) in [5.74, 6) is 0.865. The lowest BCUT2D eigenvalue weighted by Gasteiger charge is -2.37. The summed E-state index contributed by atoms with van der Waals surface area (Å²) < 4.78 is 6.01. The molecule has 1 fully saturated rings. The number of aromatic nitrogens is 1. The van der Waals surface area contributed by atoms with Crippen LogP contribution in [0.1, 0.15) is 17.7 Å². The summed E-state index contributed by atoms with van der Waals surface area (Å²) in [6.45, 7) is 5.09. The highest BCUT2D eigenvalue weighted by Gasteiger charge is 2.32. The fraction of sp³-hybridized carbons (Fsp3) is 0.385. The zero-order chi connectivity index (χ0) is 22.3. The van der Waals surface area contributed by atoms with Crippen molar-refractivity contribution in [1.29, 1.82) is 0 Å². The highest BCUT2D eigenvalue weighted by atomic mass is 16.5. The van der Waals surface area contributed by atoms with Crippen LogP contribution in [-0.4, -0.2) is 53.7 Å².